The number of carbonyl (C=O) groups excluding carboxylic acids is 7. The molecule has 0 amide bonds. The first kappa shape index (κ1) is 32.4. The Hall–Kier alpha value is -4.83. The molecular weight excluding hydrogens is 584 g/mol. The number of Topliss-reactive ketones (excluding diaryl/α,β-unsaturated/α-hetero) is 2. The molecule has 4 rings (SSSR count). The van der Waals surface area contributed by atoms with Crippen LogP contribution in [0, 0.1) is 34.5 Å². The van der Waals surface area contributed by atoms with E-state index in [1.807, 2.05) is 0 Å². The fourth-order valence-electron chi connectivity index (χ4n) is 3.27. The van der Waals surface area contributed by atoms with Gasteiger partial charge in [0.2, 0.25) is 40.3 Å². The molecule has 0 N–H and O–H groups in total. The zero-order valence-corrected chi connectivity index (χ0v) is 20.4. The van der Waals surface area contributed by atoms with E-state index in [1.165, 1.54) is 26.8 Å². The van der Waals surface area contributed by atoms with Crippen molar-refractivity contribution < 1.29 is 78.2 Å². The number of benzene rings is 1. The number of hydrogen-bond acceptors (Lipinski definition) is 9. The number of rotatable bonds is 1. The molecule has 1 spiro atoms. The average Bonchev–Trinajstić information content (AvgIpc) is 3.39. The lowest BCUT2D eigenvalue weighted by molar-refractivity contribution is -0.190. The van der Waals surface area contributed by atoms with E-state index in [1.54, 1.807) is 0 Å². The molecule has 218 valence electrons. The van der Waals surface area contributed by atoms with E-state index in [-0.39, 0.29) is 11.1 Å². The van der Waals surface area contributed by atoms with E-state index in [4.69, 9.17) is 0 Å². The maximum atomic E-state index is 12.8. The number of alkyl halides is 3. The molecule has 3 aliphatic rings. The van der Waals surface area contributed by atoms with E-state index in [2.05, 4.69) is 9.47 Å². The number of esters is 3. The molecule has 0 saturated heterocycles. The van der Waals surface area contributed by atoms with Crippen molar-refractivity contribution in [3.05, 3.63) is 64.0 Å². The van der Waals surface area contributed by atoms with Gasteiger partial charge in [0, 0.05) is 11.6 Å². The molecule has 0 fully saturated rings. The van der Waals surface area contributed by atoms with Crippen molar-refractivity contribution in [3.8, 4) is 5.75 Å². The molecule has 0 radical (unpaired) electrons. The number of allylic oxidation sites excluding steroid dienone is 4. The minimum absolute atomic E-state index is 0.171. The van der Waals surface area contributed by atoms with Crippen LogP contribution >= 0.6 is 0 Å². The molecule has 0 atom stereocenters. The summed E-state index contributed by atoms with van der Waals surface area (Å²) in [6.07, 6.45) is -2.34. The fourth-order valence-corrected chi connectivity index (χ4v) is 3.27. The molecule has 17 heteroatoms. The van der Waals surface area contributed by atoms with Gasteiger partial charge in [-0.2, -0.15) is 22.0 Å². The first-order valence-corrected chi connectivity index (χ1v) is 10.5. The maximum absolute atomic E-state index is 12.8. The summed E-state index contributed by atoms with van der Waals surface area (Å²) in [7, 11) is 0. The lowest BCUT2D eigenvalue weighted by atomic mass is 9.77. The zero-order chi connectivity index (χ0) is 31.8. The molecular formula is C24H12F8O9. The Morgan fingerprint density at radius 3 is 1.32 bits per heavy atom. The summed E-state index contributed by atoms with van der Waals surface area (Å²) in [6.45, 7) is 4.40. The normalized spacial score (nSPS) is 17.4. The van der Waals surface area contributed by atoms with Crippen molar-refractivity contribution in [2.24, 2.45) is 5.41 Å². The molecule has 0 unspecified atom stereocenters. The fraction of sp³-hybridized carbons (Fsp3) is 0.208. The predicted octanol–water partition coefficient (Wildman–Crippen LogP) is 3.03. The predicted molar refractivity (Wildman–Crippen MR) is 113 cm³/mol. The molecule has 1 aliphatic heterocycles. The van der Waals surface area contributed by atoms with E-state index in [9.17, 15) is 68.7 Å². The number of ether oxygens (including phenoxy) is 2. The van der Waals surface area contributed by atoms with Crippen LogP contribution in [0.15, 0.2) is 34.9 Å². The van der Waals surface area contributed by atoms with Crippen molar-refractivity contribution in [3.63, 3.8) is 0 Å². The van der Waals surface area contributed by atoms with E-state index in [0.717, 1.165) is 12.2 Å². The number of ketones is 4. The van der Waals surface area contributed by atoms with Gasteiger partial charge in [0.25, 0.3) is 0 Å². The van der Waals surface area contributed by atoms with Gasteiger partial charge in [-0.1, -0.05) is 0 Å². The number of hydrogen-bond donors (Lipinski definition) is 0. The van der Waals surface area contributed by atoms with Gasteiger partial charge in [-0.3, -0.25) is 19.2 Å². The smallest absolute Gasteiger partial charge is 0.413 e. The first-order chi connectivity index (χ1) is 18.7. The Bertz CT molecular complexity index is 1450. The van der Waals surface area contributed by atoms with Gasteiger partial charge < -0.3 is 9.47 Å². The molecule has 41 heavy (non-hydrogen) atoms. The first-order valence-electron chi connectivity index (χ1n) is 10.5. The third-order valence-electron chi connectivity index (χ3n) is 5.28. The second-order valence-electron chi connectivity index (χ2n) is 8.11. The van der Waals surface area contributed by atoms with Gasteiger partial charge in [0.15, 0.2) is 23.1 Å². The van der Waals surface area contributed by atoms with Gasteiger partial charge in [-0.25, -0.2) is 27.6 Å². The van der Waals surface area contributed by atoms with Gasteiger partial charge in [0.1, 0.15) is 0 Å². The molecule has 1 aromatic rings. The van der Waals surface area contributed by atoms with Crippen LogP contribution in [-0.4, -0.2) is 47.2 Å². The van der Waals surface area contributed by atoms with Crippen molar-refractivity contribution in [1.29, 1.82) is 0 Å². The highest BCUT2D eigenvalue weighted by Crippen LogP contribution is 2.39. The Morgan fingerprint density at radius 2 is 1.07 bits per heavy atom. The highest BCUT2D eigenvalue weighted by atomic mass is 19.4. The van der Waals surface area contributed by atoms with Crippen LogP contribution in [0.4, 0.5) is 35.1 Å². The van der Waals surface area contributed by atoms with Crippen LogP contribution in [0.1, 0.15) is 20.8 Å². The maximum Gasteiger partial charge on any atom is 0.491 e. The van der Waals surface area contributed by atoms with Crippen LogP contribution in [-0.2, 0) is 38.3 Å². The van der Waals surface area contributed by atoms with Gasteiger partial charge in [0.05, 0.1) is 0 Å². The second-order valence-corrected chi connectivity index (χ2v) is 8.11. The third-order valence-corrected chi connectivity index (χ3v) is 5.28. The van der Waals surface area contributed by atoms with Crippen molar-refractivity contribution in [1.82, 2.24) is 0 Å². The van der Waals surface area contributed by atoms with E-state index >= 15 is 0 Å². The molecule has 0 bridgehead atoms. The van der Waals surface area contributed by atoms with E-state index in [0.29, 0.717) is 5.57 Å². The highest BCUT2D eigenvalue weighted by Gasteiger charge is 2.62. The lowest BCUT2D eigenvalue weighted by Crippen LogP contribution is -2.45. The standard InChI is InChI=1S/C11H8O4.C8F8O2.C5H4O3/c1-5-3-7(12)11(9(5)14)8(13)4-6(2)10(11)15;9-1-2(10)4(12)6(5(13)3(1)11)18-7(17)8(14,15)16;1-3-2-4(6)8-5(3)7/h3-4H,1-2H3;;2H,1H3. The van der Waals surface area contributed by atoms with E-state index < -0.39 is 87.5 Å². The molecule has 0 saturated carbocycles. The number of cyclic esters (lactones) is 2. The Labute approximate surface area is 222 Å². The van der Waals surface area contributed by atoms with Crippen LogP contribution in [0.3, 0.4) is 0 Å². The number of halogens is 8. The molecule has 1 heterocycles. The second kappa shape index (κ2) is 11.3. The molecule has 2 aliphatic carbocycles. The molecule has 1 aromatic carbocycles. The lowest BCUT2D eigenvalue weighted by Gasteiger charge is -2.16. The highest BCUT2D eigenvalue weighted by molar-refractivity contribution is 6.53. The average molecular weight is 596 g/mol. The quantitative estimate of drug-likeness (QED) is 0.120. The molecule has 9 nitrogen and oxygen atoms in total. The van der Waals surface area contributed by atoms with Crippen LogP contribution in [0.2, 0.25) is 0 Å². The number of carbonyl (C=O) groups is 7. The summed E-state index contributed by atoms with van der Waals surface area (Å²) in [5, 5.41) is 0. The zero-order valence-electron chi connectivity index (χ0n) is 20.4. The monoisotopic (exact) mass is 596 g/mol. The Morgan fingerprint density at radius 1 is 0.683 bits per heavy atom. The topological polar surface area (TPSA) is 138 Å². The van der Waals surface area contributed by atoms with Gasteiger partial charge in [-0.15, -0.1) is 0 Å². The SMILES string of the molecule is CC1=CC(=O)C2(C(=O)C=C(C)C2=O)C1=O.CC1=CC(=O)OC1=O.O=C(Oc1c(F)c(F)c(F)c(F)c1F)C(F)(F)F. The minimum atomic E-state index is -5.65. The van der Waals surface area contributed by atoms with Gasteiger partial charge >= 0.3 is 24.1 Å². The third kappa shape index (κ3) is 5.87. The summed E-state index contributed by atoms with van der Waals surface area (Å²) in [6, 6.07) is 0. The summed E-state index contributed by atoms with van der Waals surface area (Å²) < 4.78 is 105. The summed E-state index contributed by atoms with van der Waals surface area (Å²) in [5.74, 6) is -22.3. The largest absolute Gasteiger partial charge is 0.491 e. The van der Waals surface area contributed by atoms with Crippen LogP contribution in [0.5, 0.6) is 5.75 Å². The summed E-state index contributed by atoms with van der Waals surface area (Å²) >= 11 is 0. The van der Waals surface area contributed by atoms with Gasteiger partial charge in [-0.05, 0) is 44.1 Å². The Balaban J connectivity index is 0.000000230. The van der Waals surface area contributed by atoms with Crippen molar-refractivity contribution in [2.75, 3.05) is 0 Å². The van der Waals surface area contributed by atoms with Crippen LogP contribution < -0.4 is 4.74 Å². The summed E-state index contributed by atoms with van der Waals surface area (Å²) in [5.41, 5.74) is -1.36. The molecule has 0 aromatic heterocycles. The van der Waals surface area contributed by atoms with Crippen LogP contribution in [0.25, 0.3) is 0 Å². The van der Waals surface area contributed by atoms with Crippen molar-refractivity contribution >= 4 is 41.0 Å². The minimum Gasteiger partial charge on any atom is -0.413 e. The summed E-state index contributed by atoms with van der Waals surface area (Å²) in [4.78, 5) is 77.4. The Kier molecular flexibility index (Phi) is 8.96. The van der Waals surface area contributed by atoms with Crippen molar-refractivity contribution in [2.45, 2.75) is 26.9 Å².